The Balaban J connectivity index is 1.35. The van der Waals surface area contributed by atoms with Crippen molar-refractivity contribution in [2.75, 3.05) is 33.2 Å². The maximum Gasteiger partial charge on any atom is 0.353 e. The van der Waals surface area contributed by atoms with Crippen molar-refractivity contribution < 1.29 is 28.7 Å². The zero-order chi connectivity index (χ0) is 26.1. The molecule has 4 aliphatic heterocycles. The largest absolute Gasteiger partial charge is 0.477 e. The first-order chi connectivity index (χ1) is 17.1. The number of β-lactam (4-membered cyclic amide) rings is 1. The molecule has 0 bridgehead atoms. The Bertz CT molecular complexity index is 950. The van der Waals surface area contributed by atoms with E-state index in [1.165, 1.54) is 16.7 Å². The molecule has 8 atom stereocenters. The van der Waals surface area contributed by atoms with Gasteiger partial charge in [0.2, 0.25) is 17.7 Å². The van der Waals surface area contributed by atoms with Crippen LogP contribution in [0.2, 0.25) is 0 Å². The lowest BCUT2D eigenvalue weighted by Crippen LogP contribution is -2.66. The van der Waals surface area contributed by atoms with Crippen LogP contribution in [0.15, 0.2) is 10.6 Å². The minimum atomic E-state index is -1.13. The van der Waals surface area contributed by atoms with E-state index in [2.05, 4.69) is 26.6 Å². The number of halogens is 1. The normalized spacial score (nSPS) is 34.4. The summed E-state index contributed by atoms with van der Waals surface area (Å²) in [5.74, 6) is -2.49. The molecule has 13 heteroatoms. The van der Waals surface area contributed by atoms with Crippen LogP contribution in [0.3, 0.4) is 0 Å². The van der Waals surface area contributed by atoms with Gasteiger partial charge in [-0.25, -0.2) is 9.18 Å². The van der Waals surface area contributed by atoms with Gasteiger partial charge in [0.05, 0.1) is 24.5 Å². The molecule has 3 saturated heterocycles. The van der Waals surface area contributed by atoms with Gasteiger partial charge in [0, 0.05) is 54.2 Å². The van der Waals surface area contributed by atoms with Gasteiger partial charge in [-0.3, -0.25) is 14.4 Å². The van der Waals surface area contributed by atoms with Crippen LogP contribution in [0.25, 0.3) is 0 Å². The van der Waals surface area contributed by atoms with Crippen molar-refractivity contribution in [1.29, 1.82) is 0 Å². The van der Waals surface area contributed by atoms with Crippen molar-refractivity contribution in [3.63, 3.8) is 0 Å². The predicted molar refractivity (Wildman–Crippen MR) is 132 cm³/mol. The molecule has 1 unspecified atom stereocenters. The SMILES string of the molecule is CNCC(=O)NC(C)[C@H]1C(=O)N2C(C(=O)O)=C(S[C@@H]3CN[C@H](CNC(=O)[C@@H]4C[C@H](F)CN4)C3)[C@H](C)[C@H]12. The first kappa shape index (κ1) is 26.8. The number of alkyl halides is 1. The van der Waals surface area contributed by atoms with Crippen molar-refractivity contribution in [3.05, 3.63) is 10.6 Å². The van der Waals surface area contributed by atoms with Crippen LogP contribution in [0.1, 0.15) is 26.7 Å². The zero-order valence-corrected chi connectivity index (χ0v) is 21.5. The highest BCUT2D eigenvalue weighted by Gasteiger charge is 2.60. The molecule has 0 spiro atoms. The van der Waals surface area contributed by atoms with E-state index >= 15 is 0 Å². The van der Waals surface area contributed by atoms with Crippen molar-refractivity contribution in [2.45, 2.75) is 62.3 Å². The Morgan fingerprint density at radius 2 is 2.00 bits per heavy atom. The fraction of sp³-hybridized carbons (Fsp3) is 0.739. The summed E-state index contributed by atoms with van der Waals surface area (Å²) in [5.41, 5.74) is 0.0392. The number of hydrogen-bond acceptors (Lipinski definition) is 8. The summed E-state index contributed by atoms with van der Waals surface area (Å²) in [6.07, 6.45) is -0.0979. The third-order valence-electron chi connectivity index (χ3n) is 7.45. The van der Waals surface area contributed by atoms with Crippen LogP contribution in [0.4, 0.5) is 4.39 Å². The summed E-state index contributed by atoms with van der Waals surface area (Å²) in [5, 5.41) is 24.7. The third kappa shape index (κ3) is 5.24. The Morgan fingerprint density at radius 3 is 2.64 bits per heavy atom. The number of rotatable bonds is 10. The highest BCUT2D eigenvalue weighted by Crippen LogP contribution is 2.51. The zero-order valence-electron chi connectivity index (χ0n) is 20.7. The Morgan fingerprint density at radius 1 is 1.25 bits per heavy atom. The third-order valence-corrected chi connectivity index (χ3v) is 8.96. The number of carboxylic acids is 1. The molecule has 4 rings (SSSR count). The van der Waals surface area contributed by atoms with E-state index in [0.717, 1.165) is 6.42 Å². The van der Waals surface area contributed by atoms with Gasteiger partial charge in [0.25, 0.3) is 0 Å². The molecule has 0 aliphatic carbocycles. The molecule has 0 aromatic carbocycles. The van der Waals surface area contributed by atoms with E-state index in [1.807, 2.05) is 6.92 Å². The summed E-state index contributed by atoms with van der Waals surface area (Å²) in [4.78, 5) is 51.4. The molecular weight excluding hydrogens is 491 g/mol. The van der Waals surface area contributed by atoms with Crippen LogP contribution in [-0.2, 0) is 19.2 Å². The first-order valence-corrected chi connectivity index (χ1v) is 13.3. The van der Waals surface area contributed by atoms with Crippen LogP contribution in [0.5, 0.6) is 0 Å². The molecule has 3 amide bonds. The molecule has 4 aliphatic rings. The minimum Gasteiger partial charge on any atom is -0.477 e. The Labute approximate surface area is 213 Å². The molecule has 0 radical (unpaired) electrons. The van der Waals surface area contributed by atoms with Crippen molar-refractivity contribution in [3.8, 4) is 0 Å². The van der Waals surface area contributed by atoms with E-state index in [9.17, 15) is 28.7 Å². The van der Waals surface area contributed by atoms with Gasteiger partial charge in [-0.1, -0.05) is 6.92 Å². The topological polar surface area (TPSA) is 152 Å². The second-order valence-corrected chi connectivity index (χ2v) is 11.4. The number of thioether (sulfide) groups is 1. The number of nitrogens with one attached hydrogen (secondary N) is 5. The molecule has 3 fully saturated rings. The first-order valence-electron chi connectivity index (χ1n) is 12.4. The van der Waals surface area contributed by atoms with Gasteiger partial charge in [-0.15, -0.1) is 11.8 Å². The summed E-state index contributed by atoms with van der Waals surface area (Å²) in [6.45, 7) is 5.09. The monoisotopic (exact) mass is 526 g/mol. The number of hydrogen-bond donors (Lipinski definition) is 6. The fourth-order valence-corrected chi connectivity index (χ4v) is 7.22. The number of nitrogens with zero attached hydrogens (tertiary/aromatic N) is 1. The van der Waals surface area contributed by atoms with Gasteiger partial charge in [-0.05, 0) is 20.4 Å². The fourth-order valence-electron chi connectivity index (χ4n) is 5.70. The molecule has 0 aromatic rings. The maximum absolute atomic E-state index is 13.3. The predicted octanol–water partition coefficient (Wildman–Crippen LogP) is -1.24. The van der Waals surface area contributed by atoms with E-state index < -0.39 is 30.1 Å². The lowest BCUT2D eigenvalue weighted by Gasteiger charge is -2.47. The Hall–Kier alpha value is -2.22. The number of carbonyl (C=O) groups excluding carboxylic acids is 3. The summed E-state index contributed by atoms with van der Waals surface area (Å²) in [6, 6.07) is -1.20. The lowest BCUT2D eigenvalue weighted by molar-refractivity contribution is -0.158. The summed E-state index contributed by atoms with van der Waals surface area (Å²) in [7, 11) is 1.66. The maximum atomic E-state index is 13.3. The quantitative estimate of drug-likeness (QED) is 0.192. The van der Waals surface area contributed by atoms with Gasteiger partial charge in [-0.2, -0.15) is 0 Å². The number of likely N-dealkylation sites (N-methyl/N-ethyl adjacent to an activating group) is 1. The minimum absolute atomic E-state index is 0.0217. The molecular formula is C23H35FN6O5S. The smallest absolute Gasteiger partial charge is 0.353 e. The van der Waals surface area contributed by atoms with E-state index in [1.54, 1.807) is 14.0 Å². The van der Waals surface area contributed by atoms with Crippen molar-refractivity contribution >= 4 is 35.5 Å². The van der Waals surface area contributed by atoms with E-state index in [0.29, 0.717) is 18.0 Å². The molecule has 0 aromatic heterocycles. The Kier molecular flexibility index (Phi) is 8.22. The number of carboxylic acid groups (broad SMARTS) is 1. The number of carbonyl (C=O) groups is 4. The summed E-state index contributed by atoms with van der Waals surface area (Å²) >= 11 is 1.48. The number of fused-ring (bicyclic) bond motifs is 1. The van der Waals surface area contributed by atoms with Crippen molar-refractivity contribution in [2.24, 2.45) is 11.8 Å². The summed E-state index contributed by atoms with van der Waals surface area (Å²) < 4.78 is 13.3. The van der Waals surface area contributed by atoms with Gasteiger partial charge in [0.15, 0.2) is 0 Å². The standard InChI is InChI=1S/C23H35FN6O5S/c1-10-18-17(11(2)29-16(31)9-25-3)22(33)30(18)19(23(34)35)20(10)36-14-5-13(26-8-14)7-28-21(32)15-4-12(24)6-27-15/h10-15,17-18,25-27H,4-9H2,1-3H3,(H,28,32)(H,29,31)(H,34,35)/t10-,11?,12+,13+,14+,15+,17-,18-/m1/s1. The van der Waals surface area contributed by atoms with Crippen molar-refractivity contribution in [1.82, 2.24) is 31.5 Å². The van der Waals surface area contributed by atoms with E-state index in [-0.39, 0.29) is 66.2 Å². The number of amides is 3. The molecule has 4 heterocycles. The highest BCUT2D eigenvalue weighted by molar-refractivity contribution is 8.03. The molecule has 0 saturated carbocycles. The molecule has 200 valence electrons. The second kappa shape index (κ2) is 11.0. The van der Waals surface area contributed by atoms with Crippen LogP contribution in [-0.4, -0.2) is 103 Å². The molecule has 11 nitrogen and oxygen atoms in total. The van der Waals surface area contributed by atoms with Gasteiger partial charge in [0.1, 0.15) is 11.9 Å². The number of aliphatic carboxylic acids is 1. The van der Waals surface area contributed by atoms with Gasteiger partial charge < -0.3 is 36.6 Å². The molecule has 6 N–H and O–H groups in total. The highest BCUT2D eigenvalue weighted by atomic mass is 32.2. The second-order valence-electron chi connectivity index (χ2n) is 10.0. The lowest BCUT2D eigenvalue weighted by atomic mass is 9.78. The average Bonchev–Trinajstić information content (AvgIpc) is 3.50. The van der Waals surface area contributed by atoms with Crippen LogP contribution in [0, 0.1) is 11.8 Å². The van der Waals surface area contributed by atoms with Crippen LogP contribution >= 0.6 is 11.8 Å². The van der Waals surface area contributed by atoms with E-state index in [4.69, 9.17) is 0 Å². The van der Waals surface area contributed by atoms with Gasteiger partial charge >= 0.3 is 5.97 Å². The average molecular weight is 527 g/mol. The van der Waals surface area contributed by atoms with Crippen LogP contribution < -0.4 is 26.6 Å². The molecule has 36 heavy (non-hydrogen) atoms.